The van der Waals surface area contributed by atoms with Crippen LogP contribution in [0, 0.1) is 18.6 Å². The van der Waals surface area contributed by atoms with Crippen LogP contribution in [0.2, 0.25) is 0 Å². The average Bonchev–Trinajstić information content (AvgIpc) is 3.46. The number of nitrogens with one attached hydrogen (secondary N) is 2. The van der Waals surface area contributed by atoms with Crippen molar-refractivity contribution in [3.05, 3.63) is 95.8 Å². The number of benzene rings is 3. The predicted octanol–water partition coefficient (Wildman–Crippen LogP) is 7.09. The molecule has 0 saturated heterocycles. The van der Waals surface area contributed by atoms with Crippen LogP contribution in [0.15, 0.2) is 73.1 Å². The highest BCUT2D eigenvalue weighted by atomic mass is 19.1. The van der Waals surface area contributed by atoms with Gasteiger partial charge in [-0.05, 0) is 68.0 Å². The van der Waals surface area contributed by atoms with Gasteiger partial charge >= 0.3 is 0 Å². The van der Waals surface area contributed by atoms with Gasteiger partial charge < -0.3 is 9.88 Å². The fourth-order valence-corrected chi connectivity index (χ4v) is 5.00. The van der Waals surface area contributed by atoms with Crippen LogP contribution in [0.5, 0.6) is 0 Å². The van der Waals surface area contributed by atoms with Crippen LogP contribution < -0.4 is 0 Å². The zero-order valence-corrected chi connectivity index (χ0v) is 20.7. The standard InChI is InChI=1S/C30H25F2N5/c1-17-7-18(16-37(2)3)9-20(8-17)22-11-24-27(13-26(22)32)35-36-30(24)28-12-23-25(14-33-15-29(23)34-28)19-5-4-6-21(31)10-19/h4-15,34H,16H2,1-3H3,(H,35,36). The molecule has 6 aromatic rings. The Morgan fingerprint density at radius 1 is 0.838 bits per heavy atom. The summed E-state index contributed by atoms with van der Waals surface area (Å²) >= 11 is 0. The van der Waals surface area contributed by atoms with Crippen molar-refractivity contribution in [2.45, 2.75) is 13.5 Å². The largest absolute Gasteiger partial charge is 0.352 e. The smallest absolute Gasteiger partial charge is 0.133 e. The number of aromatic nitrogens is 4. The molecule has 0 amide bonds. The Morgan fingerprint density at radius 3 is 2.51 bits per heavy atom. The molecule has 0 atom stereocenters. The van der Waals surface area contributed by atoms with Gasteiger partial charge in [0.2, 0.25) is 0 Å². The Labute approximate surface area is 212 Å². The van der Waals surface area contributed by atoms with Gasteiger partial charge in [0, 0.05) is 40.7 Å². The van der Waals surface area contributed by atoms with Crippen molar-refractivity contribution in [3.8, 4) is 33.6 Å². The molecule has 0 aliphatic carbocycles. The maximum absolute atomic E-state index is 15.3. The third kappa shape index (κ3) is 4.27. The lowest BCUT2D eigenvalue weighted by atomic mass is 9.97. The lowest BCUT2D eigenvalue weighted by Gasteiger charge is -2.13. The van der Waals surface area contributed by atoms with Gasteiger partial charge in [-0.2, -0.15) is 5.10 Å². The summed E-state index contributed by atoms with van der Waals surface area (Å²) in [7, 11) is 4.03. The number of pyridine rings is 1. The van der Waals surface area contributed by atoms with Crippen molar-refractivity contribution in [3.63, 3.8) is 0 Å². The van der Waals surface area contributed by atoms with E-state index in [1.54, 1.807) is 18.5 Å². The second-order valence-electron chi connectivity index (χ2n) is 9.74. The Morgan fingerprint density at radius 2 is 1.70 bits per heavy atom. The number of aromatic amines is 2. The molecule has 37 heavy (non-hydrogen) atoms. The molecule has 3 aromatic carbocycles. The van der Waals surface area contributed by atoms with Crippen molar-refractivity contribution >= 4 is 21.8 Å². The fraction of sp³-hybridized carbons (Fsp3) is 0.133. The second-order valence-corrected chi connectivity index (χ2v) is 9.74. The molecular weight excluding hydrogens is 468 g/mol. The normalized spacial score (nSPS) is 11.7. The van der Waals surface area contributed by atoms with Gasteiger partial charge in [-0.15, -0.1) is 0 Å². The van der Waals surface area contributed by atoms with E-state index in [9.17, 15) is 4.39 Å². The summed E-state index contributed by atoms with van der Waals surface area (Å²) < 4.78 is 29.2. The number of H-pyrrole nitrogens is 2. The van der Waals surface area contributed by atoms with Crippen molar-refractivity contribution in [2.75, 3.05) is 14.1 Å². The van der Waals surface area contributed by atoms with Crippen molar-refractivity contribution < 1.29 is 8.78 Å². The molecule has 0 aliphatic rings. The van der Waals surface area contributed by atoms with Gasteiger partial charge in [-0.25, -0.2) is 8.78 Å². The summed E-state index contributed by atoms with van der Waals surface area (Å²) in [6, 6.07) is 18.0. The van der Waals surface area contributed by atoms with E-state index < -0.39 is 0 Å². The van der Waals surface area contributed by atoms with Crippen molar-refractivity contribution in [2.24, 2.45) is 0 Å². The van der Waals surface area contributed by atoms with Gasteiger partial charge in [0.25, 0.3) is 0 Å². The number of halogens is 2. The lowest BCUT2D eigenvalue weighted by molar-refractivity contribution is 0.402. The minimum Gasteiger partial charge on any atom is -0.352 e. The first kappa shape index (κ1) is 23.1. The van der Waals surface area contributed by atoms with Gasteiger partial charge in [-0.1, -0.05) is 29.8 Å². The number of fused-ring (bicyclic) bond motifs is 2. The average molecular weight is 494 g/mol. The molecule has 0 radical (unpaired) electrons. The Bertz CT molecular complexity index is 1780. The van der Waals surface area contributed by atoms with Crippen LogP contribution >= 0.6 is 0 Å². The van der Waals surface area contributed by atoms with Gasteiger partial charge in [0.05, 0.1) is 22.9 Å². The number of rotatable bonds is 5. The molecule has 5 nitrogen and oxygen atoms in total. The van der Waals surface area contributed by atoms with E-state index in [0.717, 1.165) is 56.3 Å². The minimum absolute atomic E-state index is 0.303. The Balaban J connectivity index is 1.49. The van der Waals surface area contributed by atoms with Gasteiger partial charge in [-0.3, -0.25) is 10.1 Å². The first-order valence-electron chi connectivity index (χ1n) is 12.0. The number of hydrogen-bond acceptors (Lipinski definition) is 3. The van der Waals surface area contributed by atoms with Crippen LogP contribution in [0.25, 0.3) is 55.4 Å². The molecule has 0 saturated carbocycles. The van der Waals surface area contributed by atoms with E-state index in [1.165, 1.54) is 18.2 Å². The molecule has 6 rings (SSSR count). The molecule has 3 aromatic heterocycles. The molecular formula is C30H25F2N5. The highest BCUT2D eigenvalue weighted by Crippen LogP contribution is 2.36. The first-order valence-corrected chi connectivity index (χ1v) is 12.0. The summed E-state index contributed by atoms with van der Waals surface area (Å²) in [6.07, 6.45) is 3.47. The van der Waals surface area contributed by atoms with E-state index in [1.807, 2.05) is 51.4 Å². The number of nitrogens with zero attached hydrogens (tertiary/aromatic N) is 3. The Hall–Kier alpha value is -4.36. The molecule has 3 heterocycles. The van der Waals surface area contributed by atoms with Crippen LogP contribution in [0.3, 0.4) is 0 Å². The van der Waals surface area contributed by atoms with E-state index in [-0.39, 0.29) is 11.6 Å². The molecule has 184 valence electrons. The number of hydrogen-bond donors (Lipinski definition) is 2. The third-order valence-corrected chi connectivity index (χ3v) is 6.53. The summed E-state index contributed by atoms with van der Waals surface area (Å²) in [5.74, 6) is -0.610. The van der Waals surface area contributed by atoms with Gasteiger partial charge in [0.1, 0.15) is 17.3 Å². The first-order chi connectivity index (χ1) is 17.9. The molecule has 0 bridgehead atoms. The molecule has 0 unspecified atom stereocenters. The number of aryl methyl sites for hydroxylation is 1. The summed E-state index contributed by atoms with van der Waals surface area (Å²) in [4.78, 5) is 9.83. The van der Waals surface area contributed by atoms with Gasteiger partial charge in [0.15, 0.2) is 0 Å². The highest BCUT2D eigenvalue weighted by molar-refractivity contribution is 6.01. The molecule has 0 fully saturated rings. The topological polar surface area (TPSA) is 60.6 Å². The van der Waals surface area contributed by atoms with E-state index >= 15 is 4.39 Å². The molecule has 0 spiro atoms. The monoisotopic (exact) mass is 493 g/mol. The van der Waals surface area contributed by atoms with Crippen LogP contribution in [0.4, 0.5) is 8.78 Å². The molecule has 0 aliphatic heterocycles. The SMILES string of the molecule is Cc1cc(CN(C)C)cc(-c2cc3c(-c4cc5c(-c6cccc(F)c6)cncc5[nH]4)n[nH]c3cc2F)c1. The fourth-order valence-electron chi connectivity index (χ4n) is 5.00. The van der Waals surface area contributed by atoms with Crippen LogP contribution in [0.1, 0.15) is 11.1 Å². The maximum atomic E-state index is 15.3. The molecule has 7 heteroatoms. The summed E-state index contributed by atoms with van der Waals surface area (Å²) in [5, 5.41) is 9.20. The van der Waals surface area contributed by atoms with E-state index in [4.69, 9.17) is 0 Å². The van der Waals surface area contributed by atoms with E-state index in [0.29, 0.717) is 16.8 Å². The summed E-state index contributed by atoms with van der Waals surface area (Å²) in [5.41, 5.74) is 7.98. The quantitative estimate of drug-likeness (QED) is 0.270. The Kier molecular flexibility index (Phi) is 5.57. The summed E-state index contributed by atoms with van der Waals surface area (Å²) in [6.45, 7) is 2.79. The molecule has 2 N–H and O–H groups in total. The minimum atomic E-state index is -0.307. The predicted molar refractivity (Wildman–Crippen MR) is 144 cm³/mol. The van der Waals surface area contributed by atoms with Crippen LogP contribution in [-0.4, -0.2) is 39.2 Å². The maximum Gasteiger partial charge on any atom is 0.133 e. The van der Waals surface area contributed by atoms with Crippen molar-refractivity contribution in [1.82, 2.24) is 25.1 Å². The third-order valence-electron chi connectivity index (χ3n) is 6.53. The van der Waals surface area contributed by atoms with E-state index in [2.05, 4.69) is 31.1 Å². The zero-order valence-electron chi connectivity index (χ0n) is 20.7. The lowest BCUT2D eigenvalue weighted by Crippen LogP contribution is -2.10. The van der Waals surface area contributed by atoms with Crippen LogP contribution in [-0.2, 0) is 6.54 Å². The highest BCUT2D eigenvalue weighted by Gasteiger charge is 2.17. The second kappa shape index (κ2) is 8.94. The van der Waals surface area contributed by atoms with Crippen molar-refractivity contribution in [1.29, 1.82) is 0 Å². The zero-order chi connectivity index (χ0) is 25.7.